The average molecular weight is 284 g/mol. The van der Waals surface area contributed by atoms with Gasteiger partial charge in [0.05, 0.1) is 16.7 Å². The first-order valence-electron chi connectivity index (χ1n) is 6.89. The first-order valence-corrected chi connectivity index (χ1v) is 7.27. The van der Waals surface area contributed by atoms with Crippen LogP contribution in [-0.4, -0.2) is 28.9 Å². The molecule has 3 unspecified atom stereocenters. The third-order valence-corrected chi connectivity index (χ3v) is 4.61. The van der Waals surface area contributed by atoms with Gasteiger partial charge in [-0.2, -0.15) is 0 Å². The number of aliphatic hydroxyl groups excluding tert-OH is 1. The molecule has 4 heteroatoms. The first kappa shape index (κ1) is 14.8. The molecule has 19 heavy (non-hydrogen) atoms. The van der Waals surface area contributed by atoms with Crippen LogP contribution in [0.1, 0.15) is 38.2 Å². The van der Waals surface area contributed by atoms with Gasteiger partial charge in [0.25, 0.3) is 0 Å². The molecule has 1 N–H and O–H groups in total. The van der Waals surface area contributed by atoms with Gasteiger partial charge >= 0.3 is 0 Å². The lowest BCUT2D eigenvalue weighted by molar-refractivity contribution is -0.131. The summed E-state index contributed by atoms with van der Waals surface area (Å²) >= 11 is 6.11. The molecule has 3 nitrogen and oxygen atoms in total. The number of ether oxygens (including phenoxy) is 1. The van der Waals surface area contributed by atoms with Gasteiger partial charge in [0.2, 0.25) is 0 Å². The van der Waals surface area contributed by atoms with Crippen LogP contribution in [0.2, 0.25) is 5.02 Å². The van der Waals surface area contributed by atoms with Crippen molar-refractivity contribution in [2.24, 2.45) is 5.92 Å². The maximum absolute atomic E-state index is 10.6. The largest absolute Gasteiger partial charge is 0.390 e. The summed E-state index contributed by atoms with van der Waals surface area (Å²) in [6.45, 7) is 2.22. The second-order valence-corrected chi connectivity index (χ2v) is 6.06. The number of nitrogens with zero attached hydrogens (tertiary/aromatic N) is 1. The van der Waals surface area contributed by atoms with Crippen molar-refractivity contribution < 1.29 is 9.84 Å². The standard InChI is InChI=1S/C15H22ClNO2/c1-11-4-3-6-15(9-11,19-2)14(18)8-12-5-7-17-10-13(12)16/h5,7,10-11,14,18H,3-4,6,8-9H2,1-2H3. The Morgan fingerprint density at radius 1 is 1.63 bits per heavy atom. The predicted octanol–water partition coefficient (Wildman–Crippen LogP) is 3.23. The fourth-order valence-electron chi connectivity index (χ4n) is 3.13. The lowest BCUT2D eigenvalue weighted by Crippen LogP contribution is -2.48. The van der Waals surface area contributed by atoms with Crippen LogP contribution in [0, 0.1) is 5.92 Å². The van der Waals surface area contributed by atoms with Crippen molar-refractivity contribution in [2.45, 2.75) is 50.7 Å². The maximum Gasteiger partial charge on any atom is 0.0942 e. The second kappa shape index (κ2) is 6.21. The van der Waals surface area contributed by atoms with Crippen molar-refractivity contribution in [2.75, 3.05) is 7.11 Å². The average Bonchev–Trinajstić information content (AvgIpc) is 2.41. The molecule has 3 atom stereocenters. The Hall–Kier alpha value is -0.640. The van der Waals surface area contributed by atoms with Crippen LogP contribution in [-0.2, 0) is 11.2 Å². The molecule has 0 bridgehead atoms. The number of methoxy groups -OCH3 is 1. The fourth-order valence-corrected chi connectivity index (χ4v) is 3.33. The highest BCUT2D eigenvalue weighted by atomic mass is 35.5. The van der Waals surface area contributed by atoms with E-state index in [-0.39, 0.29) is 0 Å². The molecule has 0 amide bonds. The Balaban J connectivity index is 2.13. The molecule has 1 aromatic heterocycles. The van der Waals surface area contributed by atoms with E-state index in [1.807, 2.05) is 6.07 Å². The Kier molecular flexibility index (Phi) is 4.82. The molecule has 1 heterocycles. The predicted molar refractivity (Wildman–Crippen MR) is 76.3 cm³/mol. The van der Waals surface area contributed by atoms with Crippen molar-refractivity contribution in [3.05, 3.63) is 29.0 Å². The summed E-state index contributed by atoms with van der Waals surface area (Å²) in [5, 5.41) is 11.2. The van der Waals surface area contributed by atoms with Crippen LogP contribution in [0.4, 0.5) is 0 Å². The van der Waals surface area contributed by atoms with Crippen LogP contribution >= 0.6 is 11.6 Å². The molecule has 1 saturated carbocycles. The summed E-state index contributed by atoms with van der Waals surface area (Å²) in [4.78, 5) is 3.97. The van der Waals surface area contributed by atoms with Crippen LogP contribution < -0.4 is 0 Å². The smallest absolute Gasteiger partial charge is 0.0942 e. The molecular formula is C15H22ClNO2. The van der Waals surface area contributed by atoms with Gasteiger partial charge in [0.15, 0.2) is 0 Å². The summed E-state index contributed by atoms with van der Waals surface area (Å²) < 4.78 is 5.71. The zero-order chi connectivity index (χ0) is 13.9. The van der Waals surface area contributed by atoms with Crippen LogP contribution in [0.25, 0.3) is 0 Å². The summed E-state index contributed by atoms with van der Waals surface area (Å²) in [6.07, 6.45) is 7.46. The Bertz CT molecular complexity index is 426. The van der Waals surface area contributed by atoms with Crippen LogP contribution in [0.3, 0.4) is 0 Å². The topological polar surface area (TPSA) is 42.4 Å². The third-order valence-electron chi connectivity index (χ3n) is 4.27. The molecule has 1 aliphatic rings. The highest BCUT2D eigenvalue weighted by Gasteiger charge is 2.41. The van der Waals surface area contributed by atoms with Gasteiger partial charge in [-0.3, -0.25) is 4.98 Å². The number of hydrogen-bond acceptors (Lipinski definition) is 3. The van der Waals surface area contributed by atoms with Gasteiger partial charge in [0, 0.05) is 25.9 Å². The van der Waals surface area contributed by atoms with E-state index in [4.69, 9.17) is 16.3 Å². The first-order chi connectivity index (χ1) is 9.07. The van der Waals surface area contributed by atoms with E-state index in [0.29, 0.717) is 17.4 Å². The van der Waals surface area contributed by atoms with Gasteiger partial charge in [-0.25, -0.2) is 0 Å². The highest BCUT2D eigenvalue weighted by molar-refractivity contribution is 6.31. The molecule has 1 aliphatic carbocycles. The highest BCUT2D eigenvalue weighted by Crippen LogP contribution is 2.38. The summed E-state index contributed by atoms with van der Waals surface area (Å²) in [7, 11) is 1.70. The molecule has 0 saturated heterocycles. The van der Waals surface area contributed by atoms with Gasteiger partial charge < -0.3 is 9.84 Å². The maximum atomic E-state index is 10.6. The van der Waals surface area contributed by atoms with E-state index in [9.17, 15) is 5.11 Å². The van der Waals surface area contributed by atoms with Gasteiger partial charge in [-0.15, -0.1) is 0 Å². The minimum absolute atomic E-state index is 0.426. The van der Waals surface area contributed by atoms with Gasteiger partial charge in [-0.1, -0.05) is 31.4 Å². The number of pyridine rings is 1. The Morgan fingerprint density at radius 2 is 2.42 bits per heavy atom. The van der Waals surface area contributed by atoms with Crippen LogP contribution in [0.5, 0.6) is 0 Å². The lowest BCUT2D eigenvalue weighted by atomic mass is 9.74. The molecule has 1 fully saturated rings. The molecule has 2 rings (SSSR count). The number of halogens is 1. The van der Waals surface area contributed by atoms with Gasteiger partial charge in [0.1, 0.15) is 0 Å². The van der Waals surface area contributed by atoms with E-state index in [1.165, 1.54) is 6.42 Å². The van der Waals surface area contributed by atoms with Crippen molar-refractivity contribution in [1.29, 1.82) is 0 Å². The Labute approximate surface area is 120 Å². The summed E-state index contributed by atoms with van der Waals surface area (Å²) in [6, 6.07) is 1.86. The minimum Gasteiger partial charge on any atom is -0.390 e. The molecule has 106 valence electrons. The number of aliphatic hydroxyl groups is 1. The third kappa shape index (κ3) is 3.28. The monoisotopic (exact) mass is 283 g/mol. The van der Waals surface area contributed by atoms with Crippen molar-refractivity contribution in [1.82, 2.24) is 4.98 Å². The number of rotatable bonds is 4. The Morgan fingerprint density at radius 3 is 3.05 bits per heavy atom. The normalized spacial score (nSPS) is 29.2. The van der Waals surface area contributed by atoms with Crippen LogP contribution in [0.15, 0.2) is 18.5 Å². The molecule has 0 radical (unpaired) electrons. The van der Waals surface area contributed by atoms with Crippen molar-refractivity contribution in [3.63, 3.8) is 0 Å². The number of hydrogen-bond donors (Lipinski definition) is 1. The second-order valence-electron chi connectivity index (χ2n) is 5.66. The minimum atomic E-state index is -0.528. The molecule has 0 aliphatic heterocycles. The molecule has 1 aromatic rings. The van der Waals surface area contributed by atoms with E-state index in [0.717, 1.165) is 24.8 Å². The van der Waals surface area contributed by atoms with E-state index < -0.39 is 11.7 Å². The molecule has 0 spiro atoms. The summed E-state index contributed by atoms with van der Waals surface area (Å²) in [5.74, 6) is 0.594. The molecule has 0 aromatic carbocycles. The fraction of sp³-hybridized carbons (Fsp3) is 0.667. The number of aromatic nitrogens is 1. The lowest BCUT2D eigenvalue weighted by Gasteiger charge is -2.42. The van der Waals surface area contributed by atoms with Gasteiger partial charge in [-0.05, 0) is 30.4 Å². The van der Waals surface area contributed by atoms with Crippen molar-refractivity contribution in [3.8, 4) is 0 Å². The van der Waals surface area contributed by atoms with E-state index in [2.05, 4.69) is 11.9 Å². The quantitative estimate of drug-likeness (QED) is 0.922. The van der Waals surface area contributed by atoms with E-state index in [1.54, 1.807) is 19.5 Å². The zero-order valence-corrected chi connectivity index (χ0v) is 12.4. The van der Waals surface area contributed by atoms with E-state index >= 15 is 0 Å². The molecular weight excluding hydrogens is 262 g/mol. The zero-order valence-electron chi connectivity index (χ0n) is 11.6. The summed E-state index contributed by atoms with van der Waals surface area (Å²) in [5.41, 5.74) is 0.503. The SMILES string of the molecule is COC1(C(O)Cc2ccncc2Cl)CCCC(C)C1. The van der Waals surface area contributed by atoms with Crippen molar-refractivity contribution >= 4 is 11.6 Å².